The summed E-state index contributed by atoms with van der Waals surface area (Å²) < 4.78 is 5.11. The van der Waals surface area contributed by atoms with Crippen LogP contribution in [-0.4, -0.2) is 34.8 Å². The molecule has 1 aromatic rings. The van der Waals surface area contributed by atoms with Gasteiger partial charge in [-0.1, -0.05) is 0 Å². The quantitative estimate of drug-likeness (QED) is 0.767. The number of ether oxygens (including phenoxy) is 1. The van der Waals surface area contributed by atoms with Gasteiger partial charge in [0.15, 0.2) is 0 Å². The average molecular weight is 222 g/mol. The second-order valence-electron chi connectivity index (χ2n) is 3.84. The number of aliphatic hydroxyl groups is 1. The second-order valence-corrected chi connectivity index (χ2v) is 3.84. The lowest BCUT2D eigenvalue weighted by Crippen LogP contribution is -2.47. The summed E-state index contributed by atoms with van der Waals surface area (Å²) >= 11 is 0. The fraction of sp³-hybridized carbons (Fsp3) is 0.455. The molecule has 0 aliphatic carbocycles. The predicted octanol–water partition coefficient (Wildman–Crippen LogP) is 0.562. The zero-order chi connectivity index (χ0) is 11.4. The normalized spacial score (nSPS) is 19.1. The molecule has 1 aromatic heterocycles. The van der Waals surface area contributed by atoms with Crippen molar-refractivity contribution in [3.05, 3.63) is 24.5 Å². The molecule has 2 rings (SSSR count). The summed E-state index contributed by atoms with van der Waals surface area (Å²) in [5, 5.41) is 12.7. The Labute approximate surface area is 93.5 Å². The van der Waals surface area contributed by atoms with E-state index in [1.165, 1.54) is 0 Å². The number of nitrogens with one attached hydrogen (secondary N) is 1. The number of hydrogen-bond donors (Lipinski definition) is 2. The minimum atomic E-state index is -1.31. The molecule has 0 spiro atoms. The number of hydrogen-bond acceptors (Lipinski definition) is 4. The number of rotatable bonds is 2. The molecule has 0 atom stereocenters. The van der Waals surface area contributed by atoms with Crippen LogP contribution in [0.3, 0.4) is 0 Å². The molecule has 1 fully saturated rings. The van der Waals surface area contributed by atoms with Crippen molar-refractivity contribution in [3.8, 4) is 0 Å². The van der Waals surface area contributed by atoms with Gasteiger partial charge < -0.3 is 15.2 Å². The lowest BCUT2D eigenvalue weighted by molar-refractivity contribution is -0.143. The van der Waals surface area contributed by atoms with E-state index in [0.717, 1.165) is 0 Å². The highest BCUT2D eigenvalue weighted by Crippen LogP contribution is 2.22. The van der Waals surface area contributed by atoms with Crippen LogP contribution in [0.5, 0.6) is 0 Å². The molecule has 86 valence electrons. The molecule has 1 amide bonds. The summed E-state index contributed by atoms with van der Waals surface area (Å²) in [5.41, 5.74) is -0.721. The molecule has 1 saturated heterocycles. The Balaban J connectivity index is 2.02. The Morgan fingerprint density at radius 2 is 2.25 bits per heavy atom. The van der Waals surface area contributed by atoms with E-state index >= 15 is 0 Å². The van der Waals surface area contributed by atoms with Crippen molar-refractivity contribution in [3.63, 3.8) is 0 Å². The Bertz CT molecular complexity index is 361. The van der Waals surface area contributed by atoms with Crippen molar-refractivity contribution in [1.29, 1.82) is 0 Å². The molecular weight excluding hydrogens is 208 g/mol. The number of nitrogens with zero attached hydrogens (tertiary/aromatic N) is 1. The van der Waals surface area contributed by atoms with Gasteiger partial charge in [0.25, 0.3) is 5.91 Å². The van der Waals surface area contributed by atoms with Gasteiger partial charge in [-0.2, -0.15) is 0 Å². The number of pyridine rings is 1. The van der Waals surface area contributed by atoms with E-state index in [-0.39, 0.29) is 5.91 Å². The first kappa shape index (κ1) is 11.0. The molecule has 0 unspecified atom stereocenters. The monoisotopic (exact) mass is 222 g/mol. The molecular formula is C11H14N2O3. The lowest BCUT2D eigenvalue weighted by atomic mass is 9.93. The highest BCUT2D eigenvalue weighted by atomic mass is 16.5. The summed E-state index contributed by atoms with van der Waals surface area (Å²) in [5.74, 6) is -0.385. The highest BCUT2D eigenvalue weighted by Gasteiger charge is 2.37. The molecule has 0 saturated carbocycles. The Morgan fingerprint density at radius 1 is 1.50 bits per heavy atom. The van der Waals surface area contributed by atoms with E-state index in [2.05, 4.69) is 10.3 Å². The zero-order valence-electron chi connectivity index (χ0n) is 8.85. The summed E-state index contributed by atoms with van der Waals surface area (Å²) in [7, 11) is 0. The van der Waals surface area contributed by atoms with E-state index in [1.807, 2.05) is 0 Å². The van der Waals surface area contributed by atoms with Crippen LogP contribution in [0.15, 0.2) is 24.5 Å². The lowest BCUT2D eigenvalue weighted by Gasteiger charge is -2.30. The summed E-state index contributed by atoms with van der Waals surface area (Å²) in [6.07, 6.45) is 3.83. The fourth-order valence-corrected chi connectivity index (χ4v) is 1.62. The van der Waals surface area contributed by atoms with Gasteiger partial charge in [-0.15, -0.1) is 0 Å². The maximum Gasteiger partial charge on any atom is 0.256 e. The third-order valence-corrected chi connectivity index (χ3v) is 2.66. The minimum absolute atomic E-state index is 0.332. The Kier molecular flexibility index (Phi) is 3.17. The molecule has 1 aliphatic heterocycles. The third kappa shape index (κ3) is 2.37. The van der Waals surface area contributed by atoms with Gasteiger partial charge in [-0.25, -0.2) is 0 Å². The van der Waals surface area contributed by atoms with Crippen LogP contribution >= 0.6 is 0 Å². The molecule has 2 N–H and O–H groups in total. The van der Waals surface area contributed by atoms with Gasteiger partial charge in [0.05, 0.1) is 11.9 Å². The SMILES string of the molecule is O=C(Nc1cccnc1)C1(O)CCOCC1. The molecule has 1 aliphatic rings. The van der Waals surface area contributed by atoms with Crippen molar-refractivity contribution in [2.45, 2.75) is 18.4 Å². The molecule has 16 heavy (non-hydrogen) atoms. The van der Waals surface area contributed by atoms with Gasteiger partial charge in [0.2, 0.25) is 0 Å². The van der Waals surface area contributed by atoms with Crippen LogP contribution in [0.4, 0.5) is 5.69 Å². The molecule has 5 nitrogen and oxygen atoms in total. The first-order valence-corrected chi connectivity index (χ1v) is 5.22. The van der Waals surface area contributed by atoms with E-state index in [0.29, 0.717) is 31.7 Å². The van der Waals surface area contributed by atoms with Crippen molar-refractivity contribution >= 4 is 11.6 Å². The third-order valence-electron chi connectivity index (χ3n) is 2.66. The zero-order valence-corrected chi connectivity index (χ0v) is 8.85. The number of anilines is 1. The van der Waals surface area contributed by atoms with Crippen LogP contribution in [-0.2, 0) is 9.53 Å². The van der Waals surface area contributed by atoms with Gasteiger partial charge in [0, 0.05) is 32.3 Å². The van der Waals surface area contributed by atoms with Gasteiger partial charge in [-0.3, -0.25) is 9.78 Å². The van der Waals surface area contributed by atoms with Crippen molar-refractivity contribution in [1.82, 2.24) is 4.98 Å². The maximum atomic E-state index is 11.8. The summed E-state index contributed by atoms with van der Waals surface area (Å²) in [6.45, 7) is 0.827. The number of amides is 1. The summed E-state index contributed by atoms with van der Waals surface area (Å²) in [6, 6.07) is 3.46. The van der Waals surface area contributed by atoms with Crippen LogP contribution in [0, 0.1) is 0 Å². The largest absolute Gasteiger partial charge is 0.381 e. The Hall–Kier alpha value is -1.46. The van der Waals surface area contributed by atoms with Gasteiger partial charge in [-0.05, 0) is 12.1 Å². The molecule has 0 aromatic carbocycles. The summed E-state index contributed by atoms with van der Waals surface area (Å²) in [4.78, 5) is 15.7. The van der Waals surface area contributed by atoms with Crippen LogP contribution < -0.4 is 5.32 Å². The van der Waals surface area contributed by atoms with Crippen molar-refractivity contribution in [2.75, 3.05) is 18.5 Å². The second kappa shape index (κ2) is 4.59. The minimum Gasteiger partial charge on any atom is -0.381 e. The van der Waals surface area contributed by atoms with E-state index in [1.54, 1.807) is 24.5 Å². The number of aromatic nitrogens is 1. The van der Waals surface area contributed by atoms with Gasteiger partial charge in [0.1, 0.15) is 5.60 Å². The standard InChI is InChI=1S/C11H14N2O3/c14-10(11(15)3-6-16-7-4-11)13-9-2-1-5-12-8-9/h1-2,5,8,15H,3-4,6-7H2,(H,13,14). The fourth-order valence-electron chi connectivity index (χ4n) is 1.62. The first-order chi connectivity index (χ1) is 7.71. The molecule has 0 bridgehead atoms. The molecule has 5 heteroatoms. The first-order valence-electron chi connectivity index (χ1n) is 5.22. The smallest absolute Gasteiger partial charge is 0.256 e. The molecule has 2 heterocycles. The maximum absolute atomic E-state index is 11.8. The van der Waals surface area contributed by atoms with Gasteiger partial charge >= 0.3 is 0 Å². The molecule has 0 radical (unpaired) electrons. The van der Waals surface area contributed by atoms with Crippen molar-refractivity contribution < 1.29 is 14.6 Å². The van der Waals surface area contributed by atoms with Crippen LogP contribution in [0.1, 0.15) is 12.8 Å². The van der Waals surface area contributed by atoms with E-state index in [4.69, 9.17) is 4.74 Å². The van der Waals surface area contributed by atoms with Crippen LogP contribution in [0.25, 0.3) is 0 Å². The van der Waals surface area contributed by atoms with E-state index in [9.17, 15) is 9.90 Å². The van der Waals surface area contributed by atoms with Crippen molar-refractivity contribution in [2.24, 2.45) is 0 Å². The predicted molar refractivity (Wildman–Crippen MR) is 57.9 cm³/mol. The topological polar surface area (TPSA) is 71.5 Å². The van der Waals surface area contributed by atoms with E-state index < -0.39 is 5.60 Å². The highest BCUT2D eigenvalue weighted by molar-refractivity contribution is 5.97. The average Bonchev–Trinajstić information content (AvgIpc) is 2.31. The van der Waals surface area contributed by atoms with Crippen LogP contribution in [0.2, 0.25) is 0 Å². The number of carbonyl (C=O) groups is 1. The number of carbonyl (C=O) groups excluding carboxylic acids is 1. The Morgan fingerprint density at radius 3 is 2.88 bits per heavy atom.